The van der Waals surface area contributed by atoms with Gasteiger partial charge in [0.1, 0.15) is 11.2 Å². The minimum Gasteiger partial charge on any atom is -0.456 e. The van der Waals surface area contributed by atoms with Crippen LogP contribution in [-0.4, -0.2) is 15.0 Å². The van der Waals surface area contributed by atoms with Gasteiger partial charge in [0, 0.05) is 27.5 Å². The molecule has 9 aromatic rings. The smallest absolute Gasteiger partial charge is 0.164 e. The molecule has 0 saturated carbocycles. The van der Waals surface area contributed by atoms with E-state index >= 15 is 0 Å². The Bertz CT molecular complexity index is 3780. The first-order valence-corrected chi connectivity index (χ1v) is 13.9. The predicted octanol–water partition coefficient (Wildman–Crippen LogP) is 11.3. The molecule has 9 rings (SSSR count). The zero-order valence-electron chi connectivity index (χ0n) is 45.6. The fourth-order valence-corrected chi connectivity index (χ4v) is 4.97. The largest absolute Gasteiger partial charge is 0.456 e. The summed E-state index contributed by atoms with van der Waals surface area (Å²) in [5.74, 6) is -1.36. The van der Waals surface area contributed by atoms with Gasteiger partial charge in [-0.1, -0.05) is 139 Å². The van der Waals surface area contributed by atoms with Crippen molar-refractivity contribution in [2.75, 3.05) is 0 Å². The molecule has 4 heteroatoms. The lowest BCUT2D eigenvalue weighted by Gasteiger charge is -2.10. The average molecular weight is 624 g/mol. The highest BCUT2D eigenvalue weighted by molar-refractivity contribution is 6.12. The van der Waals surface area contributed by atoms with Crippen molar-refractivity contribution in [1.82, 2.24) is 15.0 Å². The molecule has 0 N–H and O–H groups in total. The van der Waals surface area contributed by atoms with E-state index in [4.69, 9.17) is 30.5 Å². The lowest BCUT2D eigenvalue weighted by Crippen LogP contribution is -2.00. The standard InChI is InChI=1S/C43H27N3O/c1-3-10-28(11-4-1)35-24-25-36-39(27-35)47-38-17-9-16-37(40(36)38)43-45-41(31-13-5-2-6-14-31)44-42(46-43)32-21-18-30(19-22-32)34-23-20-29-12-7-8-15-33(29)26-34/h1-27H/i1D,2D,3D,4D,5D,6D,7D,8D,9D,10D,11D,12D,13D,15D,16D,17D,18D,19D,20D,24D,25D,27D. The Labute approximate surface area is 302 Å². The number of nitrogens with zero attached hydrogens (tertiary/aromatic N) is 3. The van der Waals surface area contributed by atoms with Crippen LogP contribution in [0.5, 0.6) is 0 Å². The first-order valence-electron chi connectivity index (χ1n) is 24.9. The summed E-state index contributed by atoms with van der Waals surface area (Å²) in [5.41, 5.74) is -3.01. The maximum atomic E-state index is 9.22. The highest BCUT2D eigenvalue weighted by Crippen LogP contribution is 2.38. The van der Waals surface area contributed by atoms with E-state index in [0.717, 1.165) is 6.07 Å². The van der Waals surface area contributed by atoms with Gasteiger partial charge >= 0.3 is 0 Å². The normalized spacial score (nSPS) is 18.0. The zero-order valence-corrected chi connectivity index (χ0v) is 23.6. The molecule has 0 aliphatic rings. The van der Waals surface area contributed by atoms with Gasteiger partial charge < -0.3 is 4.42 Å². The third-order valence-electron chi connectivity index (χ3n) is 7.15. The molecule has 47 heavy (non-hydrogen) atoms. The zero-order chi connectivity index (χ0) is 50.3. The van der Waals surface area contributed by atoms with Crippen LogP contribution in [0.4, 0.5) is 0 Å². The first-order chi connectivity index (χ1) is 32.4. The van der Waals surface area contributed by atoms with Gasteiger partial charge in [0.2, 0.25) is 0 Å². The lowest BCUT2D eigenvalue weighted by molar-refractivity contribution is 0.669. The van der Waals surface area contributed by atoms with Gasteiger partial charge in [0.15, 0.2) is 17.5 Å². The molecule has 0 unspecified atom stereocenters. The molecule has 220 valence electrons. The monoisotopic (exact) mass is 623 g/mol. The van der Waals surface area contributed by atoms with Crippen LogP contribution in [0.25, 0.3) is 89.1 Å². The van der Waals surface area contributed by atoms with Crippen molar-refractivity contribution < 1.29 is 34.6 Å². The Kier molecular flexibility index (Phi) is 3.05. The molecule has 0 fully saturated rings. The number of benzene rings is 7. The molecule has 0 atom stereocenters. The van der Waals surface area contributed by atoms with Crippen molar-refractivity contribution in [2.45, 2.75) is 0 Å². The van der Waals surface area contributed by atoms with Crippen LogP contribution in [0.2, 0.25) is 0 Å². The summed E-state index contributed by atoms with van der Waals surface area (Å²) < 4.78 is 195. The minimum absolute atomic E-state index is 0.0292. The lowest BCUT2D eigenvalue weighted by atomic mass is 10.00. The summed E-state index contributed by atoms with van der Waals surface area (Å²) in [4.78, 5) is 13.5. The SMILES string of the molecule is [2H]c1cc(-c2nc(-c3cc([2H])c(-c4cc([2H])c5c([2H])c([2H])c([2H])c([2H])c5c4)c([2H])c3)nc(-c3c([2H])c([2H])c([2H])c4oc5c([2H])c(-c6c([2H])c([2H])c([2H])c([2H])c6[2H])c([2H])c([2H])c5c34)n2)c([2H])c([2H])c1[2H]. The van der Waals surface area contributed by atoms with Gasteiger partial charge in [-0.15, -0.1) is 0 Å². The van der Waals surface area contributed by atoms with Crippen LogP contribution in [0.3, 0.4) is 0 Å². The number of hydrogen-bond donors (Lipinski definition) is 0. The number of aromatic nitrogens is 3. The number of fused-ring (bicyclic) bond motifs is 4. The molecule has 4 nitrogen and oxygen atoms in total. The number of hydrogen-bond acceptors (Lipinski definition) is 4. The second kappa shape index (κ2) is 11.2. The molecular weight excluding hydrogens is 574 g/mol. The van der Waals surface area contributed by atoms with Crippen LogP contribution in [0.15, 0.2) is 168 Å². The molecule has 0 aliphatic carbocycles. The highest BCUT2D eigenvalue weighted by Gasteiger charge is 2.18. The Balaban J connectivity index is 1.34. The average Bonchev–Trinajstić information content (AvgIpc) is 3.71. The van der Waals surface area contributed by atoms with Crippen molar-refractivity contribution in [3.8, 4) is 56.4 Å². The Hall–Kier alpha value is -6.39. The van der Waals surface area contributed by atoms with E-state index in [1.807, 2.05) is 0 Å². The fourth-order valence-electron chi connectivity index (χ4n) is 4.97. The van der Waals surface area contributed by atoms with E-state index in [1.54, 1.807) is 0 Å². The van der Waals surface area contributed by atoms with Crippen LogP contribution >= 0.6 is 0 Å². The summed E-state index contributed by atoms with van der Waals surface area (Å²) in [6.45, 7) is 0. The van der Waals surface area contributed by atoms with Gasteiger partial charge in [-0.05, 0) is 57.2 Å². The molecular formula is C43H27N3O. The summed E-state index contributed by atoms with van der Waals surface area (Å²) >= 11 is 0. The molecule has 0 bridgehead atoms. The van der Waals surface area contributed by atoms with E-state index in [9.17, 15) is 4.11 Å². The van der Waals surface area contributed by atoms with Crippen molar-refractivity contribution in [3.05, 3.63) is 163 Å². The maximum Gasteiger partial charge on any atom is 0.164 e. The number of rotatable bonds is 5. The Morgan fingerprint density at radius 1 is 0.426 bits per heavy atom. The highest BCUT2D eigenvalue weighted by atomic mass is 16.3. The van der Waals surface area contributed by atoms with Gasteiger partial charge in [0.25, 0.3) is 0 Å². The summed E-state index contributed by atoms with van der Waals surface area (Å²) in [5, 5.41) is -0.833. The molecule has 2 heterocycles. The first kappa shape index (κ1) is 12.8. The van der Waals surface area contributed by atoms with Gasteiger partial charge in [-0.2, -0.15) is 0 Å². The van der Waals surface area contributed by atoms with E-state index in [0.29, 0.717) is 0 Å². The van der Waals surface area contributed by atoms with Gasteiger partial charge in [-0.25, -0.2) is 15.0 Å². The number of furan rings is 1. The van der Waals surface area contributed by atoms with Crippen molar-refractivity contribution in [1.29, 1.82) is 0 Å². The molecule has 0 spiro atoms. The third kappa shape index (κ3) is 4.93. The van der Waals surface area contributed by atoms with E-state index < -0.39 is 160 Å². The molecule has 0 saturated heterocycles. The molecule has 2 aromatic heterocycles. The molecule has 0 amide bonds. The summed E-state index contributed by atoms with van der Waals surface area (Å²) in [6.07, 6.45) is 0. The summed E-state index contributed by atoms with van der Waals surface area (Å²) in [6, 6.07) is -7.78. The van der Waals surface area contributed by atoms with Crippen molar-refractivity contribution in [3.63, 3.8) is 0 Å². The quantitative estimate of drug-likeness (QED) is 0.191. The van der Waals surface area contributed by atoms with Crippen LogP contribution in [0, 0.1) is 0 Å². The minimum atomic E-state index is -0.805. The molecule has 0 radical (unpaired) electrons. The van der Waals surface area contributed by atoms with Crippen molar-refractivity contribution >= 4 is 32.7 Å². The second-order valence-corrected chi connectivity index (χ2v) is 9.98. The second-order valence-electron chi connectivity index (χ2n) is 9.98. The molecule has 0 aliphatic heterocycles. The van der Waals surface area contributed by atoms with E-state index in [-0.39, 0.29) is 62.4 Å². The maximum absolute atomic E-state index is 9.22. The van der Waals surface area contributed by atoms with E-state index in [2.05, 4.69) is 15.0 Å². The van der Waals surface area contributed by atoms with Crippen LogP contribution < -0.4 is 0 Å². The summed E-state index contributed by atoms with van der Waals surface area (Å²) in [7, 11) is 0. The van der Waals surface area contributed by atoms with E-state index in [1.165, 1.54) is 24.3 Å². The van der Waals surface area contributed by atoms with Crippen LogP contribution in [-0.2, 0) is 0 Å². The molecule has 7 aromatic carbocycles. The Morgan fingerprint density at radius 3 is 1.96 bits per heavy atom. The van der Waals surface area contributed by atoms with Gasteiger partial charge in [0.05, 0.1) is 30.2 Å². The topological polar surface area (TPSA) is 51.8 Å². The van der Waals surface area contributed by atoms with Crippen molar-refractivity contribution in [2.24, 2.45) is 0 Å². The Morgan fingerprint density at radius 2 is 1.11 bits per heavy atom. The van der Waals surface area contributed by atoms with Gasteiger partial charge in [-0.3, -0.25) is 0 Å². The van der Waals surface area contributed by atoms with Crippen LogP contribution in [0.1, 0.15) is 30.2 Å². The third-order valence-corrected chi connectivity index (χ3v) is 7.15. The predicted molar refractivity (Wildman–Crippen MR) is 192 cm³/mol. The fraction of sp³-hybridized carbons (Fsp3) is 0.